The van der Waals surface area contributed by atoms with E-state index in [1.54, 1.807) is 0 Å². The Kier molecular flexibility index (Phi) is 5.38. The standard InChI is InChI=1S/C25H31N3O2/c1-19-9-13-26(14-10-19)18-21-15-22-24(30-21)16-23(25(29)27-11-5-6-12-27)28(22)17-20-7-3-2-4-8-20/h2-4,7-8,15-16,19H,5-6,9-14,17-18H2,1H3. The number of rotatable bonds is 5. The molecule has 1 aromatic carbocycles. The van der Waals surface area contributed by atoms with E-state index >= 15 is 0 Å². The number of amides is 1. The Morgan fingerprint density at radius 3 is 2.47 bits per heavy atom. The molecule has 2 aliphatic heterocycles. The predicted octanol–water partition coefficient (Wildman–Crippen LogP) is 4.75. The SMILES string of the molecule is CC1CCN(Cc2cc3c(cc(C(=O)N4CCCC4)n3Cc3ccccc3)o2)CC1. The van der Waals surface area contributed by atoms with Gasteiger partial charge in [-0.1, -0.05) is 37.3 Å². The van der Waals surface area contributed by atoms with Gasteiger partial charge in [-0.15, -0.1) is 0 Å². The average molecular weight is 406 g/mol. The Morgan fingerprint density at radius 1 is 1.00 bits per heavy atom. The molecule has 2 aliphatic rings. The maximum atomic E-state index is 13.2. The van der Waals surface area contributed by atoms with Crippen LogP contribution in [-0.4, -0.2) is 46.5 Å². The fraction of sp³-hybridized carbons (Fsp3) is 0.480. The van der Waals surface area contributed by atoms with Gasteiger partial charge in [0.1, 0.15) is 11.5 Å². The lowest BCUT2D eigenvalue weighted by molar-refractivity contribution is 0.0783. The molecule has 0 radical (unpaired) electrons. The summed E-state index contributed by atoms with van der Waals surface area (Å²) in [5, 5.41) is 0. The van der Waals surface area contributed by atoms with Crippen LogP contribution >= 0.6 is 0 Å². The molecule has 3 aromatic rings. The van der Waals surface area contributed by atoms with Crippen LogP contribution in [0.15, 0.2) is 46.9 Å². The van der Waals surface area contributed by atoms with Gasteiger partial charge in [-0.25, -0.2) is 0 Å². The van der Waals surface area contributed by atoms with Crippen LogP contribution in [0.5, 0.6) is 0 Å². The summed E-state index contributed by atoms with van der Waals surface area (Å²) >= 11 is 0. The number of likely N-dealkylation sites (tertiary alicyclic amines) is 2. The zero-order valence-corrected chi connectivity index (χ0v) is 17.8. The largest absolute Gasteiger partial charge is 0.458 e. The van der Waals surface area contributed by atoms with Crippen molar-refractivity contribution in [2.45, 2.75) is 45.7 Å². The Hall–Kier alpha value is -2.53. The summed E-state index contributed by atoms with van der Waals surface area (Å²) in [6.07, 6.45) is 4.71. The Morgan fingerprint density at radius 2 is 1.73 bits per heavy atom. The molecule has 2 fully saturated rings. The smallest absolute Gasteiger partial charge is 0.270 e. The van der Waals surface area contributed by atoms with E-state index in [-0.39, 0.29) is 5.91 Å². The second-order valence-corrected chi connectivity index (χ2v) is 9.02. The third-order valence-corrected chi connectivity index (χ3v) is 6.69. The maximum Gasteiger partial charge on any atom is 0.270 e. The predicted molar refractivity (Wildman–Crippen MR) is 119 cm³/mol. The molecule has 158 valence electrons. The molecule has 0 bridgehead atoms. The van der Waals surface area contributed by atoms with Gasteiger partial charge in [0.25, 0.3) is 5.91 Å². The molecule has 30 heavy (non-hydrogen) atoms. The van der Waals surface area contributed by atoms with Gasteiger partial charge in [0.15, 0.2) is 5.58 Å². The summed E-state index contributed by atoms with van der Waals surface area (Å²) in [7, 11) is 0. The van der Waals surface area contributed by atoms with E-state index in [0.29, 0.717) is 6.54 Å². The summed E-state index contributed by atoms with van der Waals surface area (Å²) in [5.74, 6) is 1.95. The highest BCUT2D eigenvalue weighted by Gasteiger charge is 2.26. The fourth-order valence-corrected chi connectivity index (χ4v) is 4.81. The van der Waals surface area contributed by atoms with E-state index in [2.05, 4.69) is 46.7 Å². The van der Waals surface area contributed by atoms with E-state index in [9.17, 15) is 4.79 Å². The Labute approximate surface area is 178 Å². The second-order valence-electron chi connectivity index (χ2n) is 9.02. The first-order chi connectivity index (χ1) is 14.7. The van der Waals surface area contributed by atoms with E-state index in [1.165, 1.54) is 18.4 Å². The molecule has 0 spiro atoms. The number of nitrogens with zero attached hydrogens (tertiary/aromatic N) is 3. The van der Waals surface area contributed by atoms with Crippen molar-refractivity contribution in [3.63, 3.8) is 0 Å². The minimum atomic E-state index is 0.126. The van der Waals surface area contributed by atoms with Crippen LogP contribution in [0.4, 0.5) is 0 Å². The first kappa shape index (κ1) is 19.4. The number of piperidine rings is 1. The quantitative estimate of drug-likeness (QED) is 0.615. The number of hydrogen-bond donors (Lipinski definition) is 0. The number of hydrogen-bond acceptors (Lipinski definition) is 3. The summed E-state index contributed by atoms with van der Waals surface area (Å²) < 4.78 is 8.39. The molecule has 5 nitrogen and oxygen atoms in total. The van der Waals surface area contributed by atoms with Crippen LogP contribution in [0, 0.1) is 5.92 Å². The molecule has 0 aliphatic carbocycles. The molecule has 5 heteroatoms. The van der Waals surface area contributed by atoms with Crippen molar-refractivity contribution >= 4 is 17.0 Å². The Bertz CT molecular complexity index is 1010. The summed E-state index contributed by atoms with van der Waals surface area (Å²) in [4.78, 5) is 17.7. The van der Waals surface area contributed by atoms with Crippen molar-refractivity contribution in [1.82, 2.24) is 14.4 Å². The zero-order valence-electron chi connectivity index (χ0n) is 17.8. The van der Waals surface area contributed by atoms with Crippen molar-refractivity contribution < 1.29 is 9.21 Å². The second kappa shape index (κ2) is 8.31. The van der Waals surface area contributed by atoms with Crippen LogP contribution in [-0.2, 0) is 13.1 Å². The van der Waals surface area contributed by atoms with E-state index in [1.807, 2.05) is 17.0 Å². The highest BCUT2D eigenvalue weighted by atomic mass is 16.3. The minimum absolute atomic E-state index is 0.126. The monoisotopic (exact) mass is 405 g/mol. The van der Waals surface area contributed by atoms with Gasteiger partial charge in [0, 0.05) is 31.8 Å². The molecule has 0 N–H and O–H groups in total. The fourth-order valence-electron chi connectivity index (χ4n) is 4.81. The van der Waals surface area contributed by atoms with E-state index in [4.69, 9.17) is 4.42 Å². The van der Waals surface area contributed by atoms with Gasteiger partial charge in [-0.05, 0) is 50.3 Å². The third kappa shape index (κ3) is 3.91. The molecule has 0 saturated carbocycles. The van der Waals surface area contributed by atoms with Gasteiger partial charge in [-0.3, -0.25) is 9.69 Å². The van der Waals surface area contributed by atoms with Gasteiger partial charge >= 0.3 is 0 Å². The van der Waals surface area contributed by atoms with Crippen LogP contribution in [0.2, 0.25) is 0 Å². The number of carbonyl (C=O) groups is 1. The number of aromatic nitrogens is 1. The molecule has 5 rings (SSSR count). The van der Waals surface area contributed by atoms with Crippen LogP contribution in [0.25, 0.3) is 11.1 Å². The summed E-state index contributed by atoms with van der Waals surface area (Å²) in [6.45, 7) is 7.85. The molecular formula is C25H31N3O2. The average Bonchev–Trinajstić information content (AvgIpc) is 3.48. The first-order valence-electron chi connectivity index (χ1n) is 11.3. The maximum absolute atomic E-state index is 13.2. The van der Waals surface area contributed by atoms with E-state index < -0.39 is 0 Å². The van der Waals surface area contributed by atoms with Gasteiger partial charge in [-0.2, -0.15) is 0 Å². The molecule has 0 atom stereocenters. The highest BCUT2D eigenvalue weighted by molar-refractivity contribution is 5.97. The molecule has 2 aromatic heterocycles. The van der Waals surface area contributed by atoms with Gasteiger partial charge in [0.05, 0.1) is 12.1 Å². The minimum Gasteiger partial charge on any atom is -0.458 e. The molecule has 4 heterocycles. The number of furan rings is 1. The normalized spacial score (nSPS) is 18.5. The molecule has 1 amide bonds. The third-order valence-electron chi connectivity index (χ3n) is 6.69. The van der Waals surface area contributed by atoms with Crippen LogP contribution < -0.4 is 0 Å². The van der Waals surface area contributed by atoms with Crippen molar-refractivity contribution in [2.24, 2.45) is 5.92 Å². The Balaban J connectivity index is 1.45. The number of fused-ring (bicyclic) bond motifs is 1. The van der Waals surface area contributed by atoms with Gasteiger partial charge < -0.3 is 13.9 Å². The lowest BCUT2D eigenvalue weighted by Crippen LogP contribution is -2.32. The number of carbonyl (C=O) groups excluding carboxylic acids is 1. The van der Waals surface area contributed by atoms with Crippen molar-refractivity contribution in [3.8, 4) is 0 Å². The van der Waals surface area contributed by atoms with Crippen molar-refractivity contribution in [2.75, 3.05) is 26.2 Å². The number of benzene rings is 1. The van der Waals surface area contributed by atoms with Crippen molar-refractivity contribution in [3.05, 3.63) is 59.5 Å². The summed E-state index contributed by atoms with van der Waals surface area (Å²) in [6, 6.07) is 14.5. The molecule has 2 saturated heterocycles. The molecular weight excluding hydrogens is 374 g/mol. The van der Waals surface area contributed by atoms with Gasteiger partial charge in [0.2, 0.25) is 0 Å². The van der Waals surface area contributed by atoms with Crippen LogP contribution in [0.3, 0.4) is 0 Å². The van der Waals surface area contributed by atoms with E-state index in [0.717, 1.165) is 74.0 Å². The summed E-state index contributed by atoms with van der Waals surface area (Å²) in [5.41, 5.74) is 3.79. The van der Waals surface area contributed by atoms with Crippen molar-refractivity contribution in [1.29, 1.82) is 0 Å². The zero-order chi connectivity index (χ0) is 20.5. The lowest BCUT2D eigenvalue weighted by Gasteiger charge is -2.29. The highest BCUT2D eigenvalue weighted by Crippen LogP contribution is 2.28. The molecule has 0 unspecified atom stereocenters. The first-order valence-corrected chi connectivity index (χ1v) is 11.3. The lowest BCUT2D eigenvalue weighted by atomic mass is 9.99. The van der Waals surface area contributed by atoms with Crippen LogP contribution in [0.1, 0.15) is 54.4 Å². The topological polar surface area (TPSA) is 41.6 Å².